The minimum atomic E-state index is -0.835. The van der Waals surface area contributed by atoms with Crippen LogP contribution in [0.4, 0.5) is 0 Å². The van der Waals surface area contributed by atoms with Crippen LogP contribution in [0.1, 0.15) is 36.0 Å². The summed E-state index contributed by atoms with van der Waals surface area (Å²) in [5.74, 6) is 0.344. The fourth-order valence-electron chi connectivity index (χ4n) is 1.97. The number of carbonyl (C=O) groups is 2. The molecule has 0 spiro atoms. The number of benzene rings is 1. The highest BCUT2D eigenvalue weighted by molar-refractivity contribution is 9.10. The van der Waals surface area contributed by atoms with E-state index >= 15 is 0 Å². The molecule has 0 saturated heterocycles. The molecule has 0 saturated carbocycles. The molecule has 1 aliphatic rings. The number of hydrogen-bond donors (Lipinski definition) is 1. The lowest BCUT2D eigenvalue weighted by Gasteiger charge is -2.19. The predicted molar refractivity (Wildman–Crippen MR) is 75.6 cm³/mol. The van der Waals surface area contributed by atoms with Gasteiger partial charge in [0, 0.05) is 22.9 Å². The maximum Gasteiger partial charge on any atom is 0.303 e. The first-order valence-electron chi connectivity index (χ1n) is 6.42. The SMILES string of the molecule is O=C(O)CCCCC(=O)c1cc2c(cc1Br)OCCO2. The normalized spacial score (nSPS) is 13.1. The van der Waals surface area contributed by atoms with Gasteiger partial charge in [-0.1, -0.05) is 0 Å². The van der Waals surface area contributed by atoms with E-state index in [1.54, 1.807) is 12.1 Å². The molecule has 1 N–H and O–H groups in total. The Labute approximate surface area is 125 Å². The monoisotopic (exact) mass is 342 g/mol. The molecule has 6 heteroatoms. The Morgan fingerprint density at radius 2 is 1.70 bits per heavy atom. The summed E-state index contributed by atoms with van der Waals surface area (Å²) in [5, 5.41) is 8.55. The highest BCUT2D eigenvalue weighted by Gasteiger charge is 2.18. The lowest BCUT2D eigenvalue weighted by molar-refractivity contribution is -0.137. The van der Waals surface area contributed by atoms with Crippen molar-refractivity contribution in [3.63, 3.8) is 0 Å². The molecule has 1 aliphatic heterocycles. The first-order valence-corrected chi connectivity index (χ1v) is 7.21. The largest absolute Gasteiger partial charge is 0.486 e. The standard InChI is InChI=1S/C14H15BrO5/c15-10-8-13-12(19-5-6-20-13)7-9(10)11(16)3-1-2-4-14(17)18/h7-8H,1-6H2,(H,17,18). The Morgan fingerprint density at radius 3 is 2.35 bits per heavy atom. The highest BCUT2D eigenvalue weighted by atomic mass is 79.9. The number of rotatable bonds is 6. The van der Waals surface area contributed by atoms with Crippen molar-refractivity contribution in [2.24, 2.45) is 0 Å². The van der Waals surface area contributed by atoms with Crippen LogP contribution in [0.2, 0.25) is 0 Å². The fraction of sp³-hybridized carbons (Fsp3) is 0.429. The van der Waals surface area contributed by atoms with E-state index < -0.39 is 5.97 Å². The van der Waals surface area contributed by atoms with Crippen LogP contribution in [0.15, 0.2) is 16.6 Å². The van der Waals surface area contributed by atoms with Crippen LogP contribution < -0.4 is 9.47 Å². The van der Waals surface area contributed by atoms with E-state index in [0.29, 0.717) is 54.0 Å². The summed E-state index contributed by atoms with van der Waals surface area (Å²) in [6.45, 7) is 0.975. The van der Waals surface area contributed by atoms with Gasteiger partial charge < -0.3 is 14.6 Å². The van der Waals surface area contributed by atoms with E-state index in [-0.39, 0.29) is 12.2 Å². The zero-order valence-corrected chi connectivity index (χ0v) is 12.4. The number of hydrogen-bond acceptors (Lipinski definition) is 4. The second-order valence-corrected chi connectivity index (χ2v) is 5.35. The number of halogens is 1. The van der Waals surface area contributed by atoms with Gasteiger partial charge >= 0.3 is 5.97 Å². The number of ether oxygens (including phenoxy) is 2. The molecule has 108 valence electrons. The Morgan fingerprint density at radius 1 is 1.10 bits per heavy atom. The number of carboxylic acids is 1. The third kappa shape index (κ3) is 3.72. The molecule has 0 atom stereocenters. The van der Waals surface area contributed by atoms with E-state index in [0.717, 1.165) is 0 Å². The number of Topliss-reactive ketones (excluding diaryl/α,β-unsaturated/α-hetero) is 1. The molecule has 0 amide bonds. The van der Waals surface area contributed by atoms with E-state index in [9.17, 15) is 9.59 Å². The summed E-state index contributed by atoms with van der Waals surface area (Å²) in [4.78, 5) is 22.5. The summed E-state index contributed by atoms with van der Waals surface area (Å²) < 4.78 is 11.6. The maximum absolute atomic E-state index is 12.1. The predicted octanol–water partition coefficient (Wildman–Crippen LogP) is 3.05. The molecule has 1 aromatic carbocycles. The summed E-state index contributed by atoms with van der Waals surface area (Å²) in [5.41, 5.74) is 0.546. The first kappa shape index (κ1) is 14.8. The number of aliphatic carboxylic acids is 1. The highest BCUT2D eigenvalue weighted by Crippen LogP contribution is 2.36. The van der Waals surface area contributed by atoms with Gasteiger partial charge in [0.15, 0.2) is 17.3 Å². The smallest absolute Gasteiger partial charge is 0.303 e. The van der Waals surface area contributed by atoms with Crippen molar-refractivity contribution in [2.45, 2.75) is 25.7 Å². The van der Waals surface area contributed by atoms with Crippen molar-refractivity contribution in [1.82, 2.24) is 0 Å². The van der Waals surface area contributed by atoms with Crippen molar-refractivity contribution in [3.05, 3.63) is 22.2 Å². The van der Waals surface area contributed by atoms with Crippen molar-refractivity contribution < 1.29 is 24.2 Å². The van der Waals surface area contributed by atoms with Crippen LogP contribution in [0.5, 0.6) is 11.5 Å². The van der Waals surface area contributed by atoms with Crippen LogP contribution in [-0.2, 0) is 4.79 Å². The summed E-state index contributed by atoms with van der Waals surface area (Å²) in [7, 11) is 0. The number of fused-ring (bicyclic) bond motifs is 1. The second kappa shape index (κ2) is 6.74. The molecule has 0 bridgehead atoms. The fourth-order valence-corrected chi connectivity index (χ4v) is 2.52. The van der Waals surface area contributed by atoms with Crippen LogP contribution in [0, 0.1) is 0 Å². The van der Waals surface area contributed by atoms with E-state index in [1.165, 1.54) is 0 Å². The first-order chi connectivity index (χ1) is 9.58. The number of ketones is 1. The molecule has 1 heterocycles. The van der Waals surface area contributed by atoms with Gasteiger partial charge in [-0.3, -0.25) is 9.59 Å². The van der Waals surface area contributed by atoms with Crippen molar-refractivity contribution in [1.29, 1.82) is 0 Å². The maximum atomic E-state index is 12.1. The molecule has 1 aromatic rings. The minimum Gasteiger partial charge on any atom is -0.486 e. The van der Waals surface area contributed by atoms with Gasteiger partial charge in [0.2, 0.25) is 0 Å². The van der Waals surface area contributed by atoms with Crippen LogP contribution in [0.3, 0.4) is 0 Å². The quantitative estimate of drug-likeness (QED) is 0.635. The molecule has 0 fully saturated rings. The van der Waals surface area contributed by atoms with Gasteiger partial charge in [-0.2, -0.15) is 0 Å². The van der Waals surface area contributed by atoms with Gasteiger partial charge in [-0.05, 0) is 40.9 Å². The summed E-state index contributed by atoms with van der Waals surface area (Å²) in [6.07, 6.45) is 1.48. The molecule has 2 rings (SSSR count). The lowest BCUT2D eigenvalue weighted by atomic mass is 10.0. The zero-order chi connectivity index (χ0) is 14.5. The molecular weight excluding hydrogens is 328 g/mol. The molecule has 0 aromatic heterocycles. The van der Waals surface area contributed by atoms with Gasteiger partial charge in [0.05, 0.1) is 0 Å². The molecular formula is C14H15BrO5. The number of carbonyl (C=O) groups excluding carboxylic acids is 1. The third-order valence-electron chi connectivity index (χ3n) is 2.98. The van der Waals surface area contributed by atoms with E-state index in [2.05, 4.69) is 15.9 Å². The molecule has 0 radical (unpaired) electrons. The van der Waals surface area contributed by atoms with Gasteiger partial charge in [0.1, 0.15) is 13.2 Å². The second-order valence-electron chi connectivity index (χ2n) is 4.50. The van der Waals surface area contributed by atoms with Crippen LogP contribution in [-0.4, -0.2) is 30.1 Å². The van der Waals surface area contributed by atoms with Crippen molar-refractivity contribution in [3.8, 4) is 11.5 Å². The topological polar surface area (TPSA) is 72.8 Å². The Hall–Kier alpha value is -1.56. The zero-order valence-electron chi connectivity index (χ0n) is 10.9. The Kier molecular flexibility index (Phi) is 5.00. The van der Waals surface area contributed by atoms with Gasteiger partial charge in [-0.15, -0.1) is 0 Å². The average Bonchev–Trinajstić information content (AvgIpc) is 2.42. The van der Waals surface area contributed by atoms with Gasteiger partial charge in [0.25, 0.3) is 0 Å². The Bertz CT molecular complexity index is 527. The van der Waals surface area contributed by atoms with Crippen LogP contribution >= 0.6 is 15.9 Å². The minimum absolute atomic E-state index is 0.0285. The van der Waals surface area contributed by atoms with E-state index in [1.807, 2.05) is 0 Å². The molecule has 0 unspecified atom stereocenters. The summed E-state index contributed by atoms with van der Waals surface area (Å²) >= 11 is 3.36. The average molecular weight is 343 g/mol. The number of carboxylic acid groups (broad SMARTS) is 1. The third-order valence-corrected chi connectivity index (χ3v) is 3.63. The summed E-state index contributed by atoms with van der Waals surface area (Å²) in [6, 6.07) is 3.41. The van der Waals surface area contributed by atoms with Gasteiger partial charge in [-0.25, -0.2) is 0 Å². The number of unbranched alkanes of at least 4 members (excludes halogenated alkanes) is 1. The molecule has 5 nitrogen and oxygen atoms in total. The molecule has 20 heavy (non-hydrogen) atoms. The molecule has 0 aliphatic carbocycles. The van der Waals surface area contributed by atoms with Crippen LogP contribution in [0.25, 0.3) is 0 Å². The Balaban J connectivity index is 2.00. The van der Waals surface area contributed by atoms with Crippen molar-refractivity contribution >= 4 is 27.7 Å². The van der Waals surface area contributed by atoms with Crippen molar-refractivity contribution in [2.75, 3.05) is 13.2 Å². The van der Waals surface area contributed by atoms with E-state index in [4.69, 9.17) is 14.6 Å². The lowest BCUT2D eigenvalue weighted by Crippen LogP contribution is -2.16.